The van der Waals surface area contributed by atoms with E-state index in [9.17, 15) is 13.2 Å². The summed E-state index contributed by atoms with van der Waals surface area (Å²) in [5.41, 5.74) is 0. The van der Waals surface area contributed by atoms with Crippen molar-refractivity contribution in [2.45, 2.75) is 62.3 Å². The largest absolute Gasteiger partial charge is 0.353 e. The Hall–Kier alpha value is -1.40. The number of benzene rings is 1. The minimum atomic E-state index is -3.38. The lowest BCUT2D eigenvalue weighted by atomic mass is 9.93. The van der Waals surface area contributed by atoms with Crippen molar-refractivity contribution in [1.29, 1.82) is 0 Å². The fraction of sp³-hybridized carbons (Fsp3) is 0.632. The van der Waals surface area contributed by atoms with E-state index in [-0.39, 0.29) is 5.91 Å². The third-order valence-electron chi connectivity index (χ3n) is 5.45. The zero-order valence-electron chi connectivity index (χ0n) is 14.7. The summed E-state index contributed by atoms with van der Waals surface area (Å²) in [5, 5.41) is 3.13. The van der Waals surface area contributed by atoms with Crippen molar-refractivity contribution >= 4 is 15.9 Å². The average molecular weight is 365 g/mol. The van der Waals surface area contributed by atoms with Crippen LogP contribution in [0.1, 0.15) is 51.4 Å². The highest BCUT2D eigenvalue weighted by molar-refractivity contribution is 7.89. The molecule has 0 radical (unpaired) electrons. The monoisotopic (exact) mass is 364 g/mol. The first-order valence-electron chi connectivity index (χ1n) is 9.40. The Balaban J connectivity index is 1.43. The molecule has 6 heteroatoms. The number of hydrogen-bond donors (Lipinski definition) is 1. The predicted octanol–water partition coefficient (Wildman–Crippen LogP) is 2.93. The lowest BCUT2D eigenvalue weighted by molar-refractivity contribution is -0.122. The summed E-state index contributed by atoms with van der Waals surface area (Å²) in [7, 11) is -3.38. The van der Waals surface area contributed by atoms with Crippen molar-refractivity contribution in [1.82, 2.24) is 9.62 Å². The number of piperidine rings is 1. The van der Waals surface area contributed by atoms with E-state index in [0.29, 0.717) is 36.4 Å². The fourth-order valence-electron chi connectivity index (χ4n) is 3.89. The molecule has 25 heavy (non-hydrogen) atoms. The van der Waals surface area contributed by atoms with Gasteiger partial charge in [0.15, 0.2) is 0 Å². The van der Waals surface area contributed by atoms with E-state index in [1.54, 1.807) is 28.6 Å². The van der Waals surface area contributed by atoms with Crippen LogP contribution in [0.2, 0.25) is 0 Å². The first-order valence-corrected chi connectivity index (χ1v) is 10.8. The van der Waals surface area contributed by atoms with E-state index in [4.69, 9.17) is 0 Å². The molecular weight excluding hydrogens is 336 g/mol. The van der Waals surface area contributed by atoms with Crippen LogP contribution in [0.15, 0.2) is 35.2 Å². The highest BCUT2D eigenvalue weighted by atomic mass is 32.2. The summed E-state index contributed by atoms with van der Waals surface area (Å²) < 4.78 is 26.8. The van der Waals surface area contributed by atoms with Crippen LogP contribution in [0, 0.1) is 5.92 Å². The number of rotatable bonds is 6. The van der Waals surface area contributed by atoms with Crippen LogP contribution >= 0.6 is 0 Å². The maximum absolute atomic E-state index is 12.6. The normalized spacial score (nSPS) is 20.6. The molecule has 1 aliphatic carbocycles. The van der Waals surface area contributed by atoms with Crippen molar-refractivity contribution in [3.63, 3.8) is 0 Å². The van der Waals surface area contributed by atoms with E-state index < -0.39 is 10.0 Å². The van der Waals surface area contributed by atoms with Crippen LogP contribution in [0.25, 0.3) is 0 Å². The molecule has 1 aromatic rings. The first kappa shape index (κ1) is 18.4. The third-order valence-corrected chi connectivity index (χ3v) is 7.37. The van der Waals surface area contributed by atoms with Gasteiger partial charge in [0, 0.05) is 25.6 Å². The Morgan fingerprint density at radius 3 is 2.32 bits per heavy atom. The summed E-state index contributed by atoms with van der Waals surface area (Å²) in [5.74, 6) is 0.600. The molecule has 0 spiro atoms. The predicted molar refractivity (Wildman–Crippen MR) is 97.6 cm³/mol. The molecule has 1 aromatic carbocycles. The standard InChI is InChI=1S/C19H28N2O3S/c22-19(20-17-6-4-5-7-17)11-10-16-12-14-21(15-13-16)25(23,24)18-8-2-1-3-9-18/h1-3,8-9,16-17H,4-7,10-15H2,(H,20,22). The molecule has 2 fully saturated rings. The van der Waals surface area contributed by atoms with Crippen LogP contribution in [-0.2, 0) is 14.8 Å². The molecule has 2 aliphatic rings. The molecule has 1 amide bonds. The van der Waals surface area contributed by atoms with E-state index in [0.717, 1.165) is 32.1 Å². The van der Waals surface area contributed by atoms with Gasteiger partial charge in [-0.1, -0.05) is 31.0 Å². The molecule has 3 rings (SSSR count). The molecule has 1 heterocycles. The van der Waals surface area contributed by atoms with Crippen molar-refractivity contribution in [3.05, 3.63) is 30.3 Å². The molecule has 5 nitrogen and oxygen atoms in total. The maximum atomic E-state index is 12.6. The number of amides is 1. The van der Waals surface area contributed by atoms with Gasteiger partial charge in [0.05, 0.1) is 4.90 Å². The summed E-state index contributed by atoms with van der Waals surface area (Å²) in [6.45, 7) is 1.10. The van der Waals surface area contributed by atoms with Gasteiger partial charge in [-0.25, -0.2) is 8.42 Å². The minimum absolute atomic E-state index is 0.159. The number of carbonyl (C=O) groups is 1. The first-order chi connectivity index (χ1) is 12.1. The zero-order valence-corrected chi connectivity index (χ0v) is 15.5. The number of carbonyl (C=O) groups excluding carboxylic acids is 1. The van der Waals surface area contributed by atoms with Crippen molar-refractivity contribution < 1.29 is 13.2 Å². The van der Waals surface area contributed by atoms with Gasteiger partial charge in [-0.2, -0.15) is 4.31 Å². The minimum Gasteiger partial charge on any atom is -0.353 e. The van der Waals surface area contributed by atoms with Crippen LogP contribution in [-0.4, -0.2) is 37.8 Å². The number of hydrogen-bond acceptors (Lipinski definition) is 3. The smallest absolute Gasteiger partial charge is 0.243 e. The molecule has 0 bridgehead atoms. The summed E-state index contributed by atoms with van der Waals surface area (Å²) in [6, 6.07) is 9.00. The fourth-order valence-corrected chi connectivity index (χ4v) is 5.38. The van der Waals surface area contributed by atoms with E-state index in [1.807, 2.05) is 6.07 Å². The molecule has 0 aromatic heterocycles. The van der Waals surface area contributed by atoms with Gasteiger partial charge in [0.25, 0.3) is 0 Å². The van der Waals surface area contributed by atoms with Crippen LogP contribution < -0.4 is 5.32 Å². The zero-order chi connectivity index (χ0) is 17.7. The summed E-state index contributed by atoms with van der Waals surface area (Å²) in [6.07, 6.45) is 7.76. The second-order valence-electron chi connectivity index (χ2n) is 7.25. The van der Waals surface area contributed by atoms with E-state index >= 15 is 0 Å². The van der Waals surface area contributed by atoms with Gasteiger partial charge in [0.2, 0.25) is 15.9 Å². The van der Waals surface area contributed by atoms with Crippen LogP contribution in [0.4, 0.5) is 0 Å². The van der Waals surface area contributed by atoms with Gasteiger partial charge in [-0.3, -0.25) is 4.79 Å². The molecular formula is C19H28N2O3S. The Morgan fingerprint density at radius 2 is 1.68 bits per heavy atom. The van der Waals surface area contributed by atoms with Gasteiger partial charge in [-0.05, 0) is 50.2 Å². The quantitative estimate of drug-likeness (QED) is 0.844. The van der Waals surface area contributed by atoms with Crippen molar-refractivity contribution in [2.24, 2.45) is 5.92 Å². The van der Waals surface area contributed by atoms with E-state index in [2.05, 4.69) is 5.32 Å². The Kier molecular flexibility index (Phi) is 6.12. The molecule has 1 N–H and O–H groups in total. The van der Waals surface area contributed by atoms with Crippen LogP contribution in [0.3, 0.4) is 0 Å². The van der Waals surface area contributed by atoms with E-state index in [1.165, 1.54) is 12.8 Å². The van der Waals surface area contributed by atoms with Crippen molar-refractivity contribution in [2.75, 3.05) is 13.1 Å². The molecule has 138 valence electrons. The average Bonchev–Trinajstić information content (AvgIpc) is 3.14. The highest BCUT2D eigenvalue weighted by Gasteiger charge is 2.29. The second kappa shape index (κ2) is 8.32. The van der Waals surface area contributed by atoms with Gasteiger partial charge < -0.3 is 5.32 Å². The van der Waals surface area contributed by atoms with Crippen LogP contribution in [0.5, 0.6) is 0 Å². The van der Waals surface area contributed by atoms with Gasteiger partial charge in [0.1, 0.15) is 0 Å². The number of nitrogens with zero attached hydrogens (tertiary/aromatic N) is 1. The third kappa shape index (κ3) is 4.82. The van der Waals surface area contributed by atoms with Gasteiger partial charge >= 0.3 is 0 Å². The molecule has 0 atom stereocenters. The molecule has 1 saturated carbocycles. The Labute approximate surface area is 150 Å². The highest BCUT2D eigenvalue weighted by Crippen LogP contribution is 2.26. The second-order valence-corrected chi connectivity index (χ2v) is 9.19. The maximum Gasteiger partial charge on any atom is 0.243 e. The number of nitrogens with one attached hydrogen (secondary N) is 1. The molecule has 1 aliphatic heterocycles. The number of sulfonamides is 1. The molecule has 0 unspecified atom stereocenters. The Morgan fingerprint density at radius 1 is 1.04 bits per heavy atom. The summed E-state index contributed by atoms with van der Waals surface area (Å²) in [4.78, 5) is 12.4. The SMILES string of the molecule is O=C(CCC1CCN(S(=O)(=O)c2ccccc2)CC1)NC1CCCC1. The lowest BCUT2D eigenvalue weighted by Gasteiger charge is -2.31. The summed E-state index contributed by atoms with van der Waals surface area (Å²) >= 11 is 0. The van der Waals surface area contributed by atoms with Gasteiger partial charge in [-0.15, -0.1) is 0 Å². The molecule has 1 saturated heterocycles. The van der Waals surface area contributed by atoms with Crippen molar-refractivity contribution in [3.8, 4) is 0 Å². The lowest BCUT2D eigenvalue weighted by Crippen LogP contribution is -2.39. The Bertz CT molecular complexity index is 661. The topological polar surface area (TPSA) is 66.5 Å².